The highest BCUT2D eigenvalue weighted by Gasteiger charge is 2.16. The smallest absolute Gasteiger partial charge is 0.372 e. The molecule has 0 rings (SSSR count). The molecule has 0 saturated carbocycles. The van der Waals surface area contributed by atoms with E-state index in [1.807, 2.05) is 6.92 Å². The molecule has 0 atom stereocenters. The van der Waals surface area contributed by atoms with Crippen LogP contribution in [0.5, 0.6) is 0 Å². The van der Waals surface area contributed by atoms with Crippen molar-refractivity contribution in [3.8, 4) is 0 Å². The Morgan fingerprint density at radius 1 is 1.35 bits per heavy atom. The number of carboxylic acid groups (broad SMARTS) is 1. The molecule has 0 aromatic rings. The van der Waals surface area contributed by atoms with Gasteiger partial charge in [-0.3, -0.25) is 0 Å². The molecule has 0 aliphatic heterocycles. The van der Waals surface area contributed by atoms with Crippen LogP contribution in [0.15, 0.2) is 24.6 Å². The fourth-order valence-corrected chi connectivity index (χ4v) is 0.450. The van der Waals surface area contributed by atoms with Crippen LogP contribution in [0.3, 0.4) is 0 Å². The third-order valence-electron chi connectivity index (χ3n) is 1.25. The number of aliphatic carboxylic acids is 1. The lowest BCUT2D eigenvalue weighted by Crippen LogP contribution is -2.06. The molecule has 0 bridgehead atoms. The molecule has 0 fully saturated rings. The van der Waals surface area contributed by atoms with Gasteiger partial charge < -0.3 is 9.84 Å². The maximum absolute atomic E-state index is 12.0. The molecular formula is C10H13F3O4. The Kier molecular flexibility index (Phi) is 11.1. The summed E-state index contributed by atoms with van der Waals surface area (Å²) in [5, 5.41) is 7.60. The topological polar surface area (TPSA) is 63.6 Å². The standard InChI is InChI=1S/C7H9F3O2.C3H4O2/c1-2-3-4-12-7(11)5(8)6(9)10;1-2-3(4)5/h2-4H2,1H3;2H,1H2,(H,4,5). The molecule has 0 amide bonds. The predicted octanol–water partition coefficient (Wildman–Crippen LogP) is 2.66. The van der Waals surface area contributed by atoms with E-state index in [2.05, 4.69) is 11.3 Å². The quantitative estimate of drug-likeness (QED) is 0.465. The van der Waals surface area contributed by atoms with Crippen molar-refractivity contribution >= 4 is 11.9 Å². The average molecular weight is 254 g/mol. The first kappa shape index (κ1) is 17.6. The van der Waals surface area contributed by atoms with Gasteiger partial charge in [0, 0.05) is 6.08 Å². The minimum atomic E-state index is -2.64. The number of carbonyl (C=O) groups is 2. The van der Waals surface area contributed by atoms with E-state index in [1.165, 1.54) is 0 Å². The van der Waals surface area contributed by atoms with E-state index in [4.69, 9.17) is 5.11 Å². The minimum absolute atomic E-state index is 0.0317. The van der Waals surface area contributed by atoms with Crippen LogP contribution < -0.4 is 0 Å². The monoisotopic (exact) mass is 254 g/mol. The molecule has 0 heterocycles. The summed E-state index contributed by atoms with van der Waals surface area (Å²) in [6.07, 6.45) is -0.527. The number of carbonyl (C=O) groups excluding carboxylic acids is 1. The first-order valence-corrected chi connectivity index (χ1v) is 4.60. The van der Waals surface area contributed by atoms with Gasteiger partial charge in [-0.05, 0) is 6.42 Å². The van der Waals surface area contributed by atoms with Crippen LogP contribution in [0.2, 0.25) is 0 Å². The molecule has 4 nitrogen and oxygen atoms in total. The molecule has 1 N–H and O–H groups in total. The predicted molar refractivity (Wildman–Crippen MR) is 54.0 cm³/mol. The second-order valence-electron chi connectivity index (χ2n) is 2.61. The number of halogens is 3. The Bertz CT molecular complexity index is 296. The molecule has 0 saturated heterocycles. The van der Waals surface area contributed by atoms with Gasteiger partial charge >= 0.3 is 18.0 Å². The summed E-state index contributed by atoms with van der Waals surface area (Å²) in [6.45, 7) is 4.76. The highest BCUT2D eigenvalue weighted by Crippen LogP contribution is 2.10. The summed E-state index contributed by atoms with van der Waals surface area (Å²) in [4.78, 5) is 19.6. The number of esters is 1. The van der Waals surface area contributed by atoms with Crippen molar-refractivity contribution in [2.75, 3.05) is 6.61 Å². The van der Waals surface area contributed by atoms with Gasteiger partial charge in [-0.15, -0.1) is 0 Å². The van der Waals surface area contributed by atoms with Crippen molar-refractivity contribution in [2.45, 2.75) is 19.8 Å². The van der Waals surface area contributed by atoms with Crippen LogP contribution in [0, 0.1) is 0 Å². The maximum Gasteiger partial charge on any atom is 0.372 e. The molecule has 7 heteroatoms. The second-order valence-corrected chi connectivity index (χ2v) is 2.61. The normalized spacial score (nSPS) is 8.47. The summed E-state index contributed by atoms with van der Waals surface area (Å²) in [5.74, 6) is -4.68. The number of carboxylic acids is 1. The largest absolute Gasteiger partial charge is 0.478 e. The molecule has 98 valence electrons. The highest BCUT2D eigenvalue weighted by molar-refractivity contribution is 5.86. The average Bonchev–Trinajstić information content (AvgIpc) is 2.28. The third-order valence-corrected chi connectivity index (χ3v) is 1.25. The van der Waals surface area contributed by atoms with Crippen molar-refractivity contribution < 1.29 is 32.6 Å². The zero-order valence-corrected chi connectivity index (χ0v) is 9.21. The van der Waals surface area contributed by atoms with Gasteiger partial charge in [-0.1, -0.05) is 19.9 Å². The Morgan fingerprint density at radius 3 is 2.12 bits per heavy atom. The second kappa shape index (κ2) is 10.7. The zero-order valence-electron chi connectivity index (χ0n) is 9.21. The van der Waals surface area contributed by atoms with Gasteiger partial charge in [0.2, 0.25) is 0 Å². The van der Waals surface area contributed by atoms with E-state index in [0.29, 0.717) is 6.42 Å². The lowest BCUT2D eigenvalue weighted by atomic mass is 10.4. The number of ether oxygens (including phenoxy) is 1. The molecule has 0 aromatic carbocycles. The van der Waals surface area contributed by atoms with Crippen molar-refractivity contribution in [3.05, 3.63) is 24.6 Å². The van der Waals surface area contributed by atoms with Gasteiger partial charge in [0.05, 0.1) is 6.61 Å². The van der Waals surface area contributed by atoms with Crippen molar-refractivity contribution in [1.82, 2.24) is 0 Å². The summed E-state index contributed by atoms with van der Waals surface area (Å²) < 4.78 is 38.9. The fourth-order valence-electron chi connectivity index (χ4n) is 0.450. The maximum atomic E-state index is 12.0. The number of rotatable bonds is 5. The SMILES string of the molecule is C=CC(=O)O.CCCCOC(=O)C(F)=C(F)F. The Hall–Kier alpha value is -1.79. The molecule has 0 spiro atoms. The number of hydrogen-bond donors (Lipinski definition) is 1. The van der Waals surface area contributed by atoms with Gasteiger partial charge in [0.15, 0.2) is 0 Å². The van der Waals surface area contributed by atoms with Gasteiger partial charge in [0.1, 0.15) is 0 Å². The lowest BCUT2D eigenvalue weighted by molar-refractivity contribution is -0.141. The first-order valence-electron chi connectivity index (χ1n) is 4.60. The molecule has 0 aliphatic rings. The van der Waals surface area contributed by atoms with Crippen LogP contribution in [0.25, 0.3) is 0 Å². The van der Waals surface area contributed by atoms with Gasteiger partial charge in [-0.25, -0.2) is 9.59 Å². The van der Waals surface area contributed by atoms with Crippen LogP contribution in [0.4, 0.5) is 13.2 Å². The van der Waals surface area contributed by atoms with E-state index in [9.17, 15) is 22.8 Å². The fraction of sp³-hybridized carbons (Fsp3) is 0.400. The Balaban J connectivity index is 0. The van der Waals surface area contributed by atoms with E-state index in [0.717, 1.165) is 12.5 Å². The summed E-state index contributed by atoms with van der Waals surface area (Å²) in [5.41, 5.74) is 0. The molecule has 0 aromatic heterocycles. The zero-order chi connectivity index (χ0) is 13.8. The molecule has 17 heavy (non-hydrogen) atoms. The van der Waals surface area contributed by atoms with Gasteiger partial charge in [-0.2, -0.15) is 13.2 Å². The molecule has 0 unspecified atom stereocenters. The first-order chi connectivity index (χ1) is 7.86. The summed E-state index contributed by atoms with van der Waals surface area (Å²) in [6, 6.07) is 0. The summed E-state index contributed by atoms with van der Waals surface area (Å²) >= 11 is 0. The van der Waals surface area contributed by atoms with Crippen LogP contribution >= 0.6 is 0 Å². The van der Waals surface area contributed by atoms with Crippen molar-refractivity contribution in [1.29, 1.82) is 0 Å². The highest BCUT2D eigenvalue weighted by atomic mass is 19.3. The summed E-state index contributed by atoms with van der Waals surface area (Å²) in [7, 11) is 0. The van der Waals surface area contributed by atoms with E-state index < -0.39 is 23.8 Å². The number of unbranched alkanes of at least 4 members (excludes halogenated alkanes) is 1. The number of hydrogen-bond acceptors (Lipinski definition) is 3. The third kappa shape index (κ3) is 12.1. The van der Waals surface area contributed by atoms with Crippen LogP contribution in [0.1, 0.15) is 19.8 Å². The molecule has 0 aliphatic carbocycles. The Labute approximate surface area is 96.4 Å². The molecule has 0 radical (unpaired) electrons. The minimum Gasteiger partial charge on any atom is -0.478 e. The van der Waals surface area contributed by atoms with Crippen molar-refractivity contribution in [3.63, 3.8) is 0 Å². The van der Waals surface area contributed by atoms with E-state index in [1.54, 1.807) is 0 Å². The van der Waals surface area contributed by atoms with Crippen molar-refractivity contribution in [2.24, 2.45) is 0 Å². The van der Waals surface area contributed by atoms with E-state index in [-0.39, 0.29) is 6.61 Å². The van der Waals surface area contributed by atoms with Crippen LogP contribution in [-0.4, -0.2) is 23.7 Å². The molecular weight excluding hydrogens is 241 g/mol. The Morgan fingerprint density at radius 2 is 1.82 bits per heavy atom. The van der Waals surface area contributed by atoms with Gasteiger partial charge in [0.25, 0.3) is 5.83 Å². The van der Waals surface area contributed by atoms with E-state index >= 15 is 0 Å². The van der Waals surface area contributed by atoms with Crippen LogP contribution in [-0.2, 0) is 14.3 Å². The lowest BCUT2D eigenvalue weighted by Gasteiger charge is -1.99.